The molecule has 0 saturated carbocycles. The zero-order valence-corrected chi connectivity index (χ0v) is 13.3. The predicted octanol–water partition coefficient (Wildman–Crippen LogP) is 3.80. The van der Waals surface area contributed by atoms with E-state index in [0.29, 0.717) is 11.3 Å². The second-order valence-corrected chi connectivity index (χ2v) is 5.54. The SMILES string of the molecule is COc1cccc(C2=N/C(=C\c3ccc(Br)cc3)C(=O)O2)c1. The third-order valence-electron chi connectivity index (χ3n) is 3.11. The number of halogens is 1. The number of benzene rings is 2. The quantitative estimate of drug-likeness (QED) is 0.619. The second-order valence-electron chi connectivity index (χ2n) is 4.62. The van der Waals surface area contributed by atoms with E-state index >= 15 is 0 Å². The maximum atomic E-state index is 11.9. The third-order valence-corrected chi connectivity index (χ3v) is 3.64. The molecule has 0 bridgehead atoms. The van der Waals surface area contributed by atoms with Gasteiger partial charge in [-0.05, 0) is 42.0 Å². The maximum Gasteiger partial charge on any atom is 0.363 e. The molecule has 3 rings (SSSR count). The van der Waals surface area contributed by atoms with E-state index in [9.17, 15) is 4.79 Å². The molecule has 110 valence electrons. The molecule has 0 atom stereocenters. The molecule has 0 N–H and O–H groups in total. The van der Waals surface area contributed by atoms with E-state index in [1.54, 1.807) is 19.3 Å². The molecule has 0 unspecified atom stereocenters. The molecule has 22 heavy (non-hydrogen) atoms. The van der Waals surface area contributed by atoms with Gasteiger partial charge >= 0.3 is 5.97 Å². The molecular weight excluding hydrogens is 346 g/mol. The minimum absolute atomic E-state index is 0.278. The van der Waals surface area contributed by atoms with E-state index in [4.69, 9.17) is 9.47 Å². The Kier molecular flexibility index (Phi) is 4.06. The number of cyclic esters (lactones) is 1. The minimum Gasteiger partial charge on any atom is -0.497 e. The maximum absolute atomic E-state index is 11.9. The van der Waals surface area contributed by atoms with Gasteiger partial charge in [0.2, 0.25) is 5.90 Å². The highest BCUT2D eigenvalue weighted by atomic mass is 79.9. The smallest absolute Gasteiger partial charge is 0.363 e. The van der Waals surface area contributed by atoms with Crippen LogP contribution in [0.5, 0.6) is 5.75 Å². The van der Waals surface area contributed by atoms with Gasteiger partial charge in [0.05, 0.1) is 7.11 Å². The molecule has 0 aromatic heterocycles. The molecule has 4 nitrogen and oxygen atoms in total. The number of esters is 1. The third kappa shape index (κ3) is 3.09. The van der Waals surface area contributed by atoms with Gasteiger partial charge in [-0.2, -0.15) is 0 Å². The summed E-state index contributed by atoms with van der Waals surface area (Å²) in [6, 6.07) is 14.8. The van der Waals surface area contributed by atoms with Gasteiger partial charge < -0.3 is 9.47 Å². The van der Waals surface area contributed by atoms with Crippen molar-refractivity contribution in [3.63, 3.8) is 0 Å². The summed E-state index contributed by atoms with van der Waals surface area (Å²) in [5.74, 6) is 0.509. The summed E-state index contributed by atoms with van der Waals surface area (Å²) in [6.07, 6.45) is 1.70. The Hall–Kier alpha value is -2.40. The number of methoxy groups -OCH3 is 1. The lowest BCUT2D eigenvalue weighted by Gasteiger charge is -2.02. The van der Waals surface area contributed by atoms with E-state index in [0.717, 1.165) is 10.0 Å². The molecule has 0 fully saturated rings. The largest absolute Gasteiger partial charge is 0.497 e. The molecule has 1 aliphatic heterocycles. The lowest BCUT2D eigenvalue weighted by molar-refractivity contribution is -0.129. The van der Waals surface area contributed by atoms with E-state index < -0.39 is 5.97 Å². The Morgan fingerprint density at radius 3 is 2.68 bits per heavy atom. The fourth-order valence-electron chi connectivity index (χ4n) is 2.01. The summed E-state index contributed by atoms with van der Waals surface area (Å²) in [6.45, 7) is 0. The number of rotatable bonds is 3. The van der Waals surface area contributed by atoms with Gasteiger partial charge in [-0.25, -0.2) is 9.79 Å². The van der Waals surface area contributed by atoms with Crippen LogP contribution in [0.4, 0.5) is 0 Å². The predicted molar refractivity (Wildman–Crippen MR) is 87.7 cm³/mol. The summed E-state index contributed by atoms with van der Waals surface area (Å²) < 4.78 is 11.4. The Morgan fingerprint density at radius 2 is 1.95 bits per heavy atom. The Morgan fingerprint density at radius 1 is 1.18 bits per heavy atom. The summed E-state index contributed by atoms with van der Waals surface area (Å²) in [5, 5.41) is 0. The second kappa shape index (κ2) is 6.15. The van der Waals surface area contributed by atoms with Crippen LogP contribution in [-0.4, -0.2) is 19.0 Å². The number of ether oxygens (including phenoxy) is 2. The fourth-order valence-corrected chi connectivity index (χ4v) is 2.27. The number of hydrogen-bond acceptors (Lipinski definition) is 4. The molecular formula is C17H12BrNO3. The van der Waals surface area contributed by atoms with Gasteiger partial charge in [0.15, 0.2) is 5.70 Å². The lowest BCUT2D eigenvalue weighted by Crippen LogP contribution is -2.05. The van der Waals surface area contributed by atoms with E-state index in [-0.39, 0.29) is 11.6 Å². The van der Waals surface area contributed by atoms with Gasteiger partial charge in [0.1, 0.15) is 5.75 Å². The van der Waals surface area contributed by atoms with Gasteiger partial charge in [-0.1, -0.05) is 34.1 Å². The van der Waals surface area contributed by atoms with Crippen LogP contribution in [0, 0.1) is 0 Å². The van der Waals surface area contributed by atoms with Crippen LogP contribution in [0.1, 0.15) is 11.1 Å². The molecule has 1 aliphatic rings. The minimum atomic E-state index is -0.458. The highest BCUT2D eigenvalue weighted by molar-refractivity contribution is 9.10. The number of carbonyl (C=O) groups excluding carboxylic acids is 1. The highest BCUT2D eigenvalue weighted by Crippen LogP contribution is 2.22. The van der Waals surface area contributed by atoms with Crippen molar-refractivity contribution in [3.8, 4) is 5.75 Å². The molecule has 0 aliphatic carbocycles. The van der Waals surface area contributed by atoms with Crippen molar-refractivity contribution >= 4 is 33.9 Å². The first-order chi connectivity index (χ1) is 10.7. The van der Waals surface area contributed by atoms with E-state index in [2.05, 4.69) is 20.9 Å². The Balaban J connectivity index is 1.92. The summed E-state index contributed by atoms with van der Waals surface area (Å²) in [4.78, 5) is 16.2. The Bertz CT molecular complexity index is 779. The lowest BCUT2D eigenvalue weighted by atomic mass is 10.2. The molecule has 2 aromatic carbocycles. The van der Waals surface area contributed by atoms with Gasteiger partial charge in [-0.3, -0.25) is 0 Å². The van der Waals surface area contributed by atoms with E-state index in [1.165, 1.54) is 0 Å². The first-order valence-electron chi connectivity index (χ1n) is 6.58. The molecule has 2 aromatic rings. The molecule has 5 heteroatoms. The molecule has 0 radical (unpaired) electrons. The van der Waals surface area contributed by atoms with Crippen molar-refractivity contribution in [1.82, 2.24) is 0 Å². The van der Waals surface area contributed by atoms with Crippen LogP contribution in [-0.2, 0) is 9.53 Å². The van der Waals surface area contributed by atoms with Crippen LogP contribution >= 0.6 is 15.9 Å². The van der Waals surface area contributed by atoms with Crippen molar-refractivity contribution in [3.05, 3.63) is 69.8 Å². The van der Waals surface area contributed by atoms with Gasteiger partial charge in [-0.15, -0.1) is 0 Å². The molecule has 0 spiro atoms. The van der Waals surface area contributed by atoms with Crippen LogP contribution < -0.4 is 4.74 Å². The van der Waals surface area contributed by atoms with Crippen molar-refractivity contribution in [2.75, 3.05) is 7.11 Å². The van der Waals surface area contributed by atoms with E-state index in [1.807, 2.05) is 42.5 Å². The summed E-state index contributed by atoms with van der Waals surface area (Å²) in [5.41, 5.74) is 1.86. The first-order valence-corrected chi connectivity index (χ1v) is 7.37. The Labute approximate surface area is 136 Å². The summed E-state index contributed by atoms with van der Waals surface area (Å²) in [7, 11) is 1.58. The number of hydrogen-bond donors (Lipinski definition) is 0. The van der Waals surface area contributed by atoms with Crippen LogP contribution in [0.3, 0.4) is 0 Å². The van der Waals surface area contributed by atoms with Crippen molar-refractivity contribution in [1.29, 1.82) is 0 Å². The van der Waals surface area contributed by atoms with Crippen LogP contribution in [0.15, 0.2) is 63.7 Å². The van der Waals surface area contributed by atoms with Crippen LogP contribution in [0.2, 0.25) is 0 Å². The number of aliphatic imine (C=N–C) groups is 1. The molecule has 0 saturated heterocycles. The van der Waals surface area contributed by atoms with Gasteiger partial charge in [0.25, 0.3) is 0 Å². The number of carbonyl (C=O) groups is 1. The zero-order valence-electron chi connectivity index (χ0n) is 11.7. The van der Waals surface area contributed by atoms with Crippen molar-refractivity contribution < 1.29 is 14.3 Å². The number of nitrogens with zero attached hydrogens (tertiary/aromatic N) is 1. The average Bonchev–Trinajstić information content (AvgIpc) is 2.91. The van der Waals surface area contributed by atoms with Crippen molar-refractivity contribution in [2.24, 2.45) is 4.99 Å². The zero-order chi connectivity index (χ0) is 15.5. The topological polar surface area (TPSA) is 47.9 Å². The average molecular weight is 358 g/mol. The van der Waals surface area contributed by atoms with Crippen LogP contribution in [0.25, 0.3) is 6.08 Å². The molecule has 1 heterocycles. The fraction of sp³-hybridized carbons (Fsp3) is 0.0588. The molecule has 0 amide bonds. The standard InChI is InChI=1S/C17H12BrNO3/c1-21-14-4-2-3-12(10-14)16-19-15(17(20)22-16)9-11-5-7-13(18)8-6-11/h2-10H,1H3/b15-9-. The monoisotopic (exact) mass is 357 g/mol. The normalized spacial score (nSPS) is 15.6. The van der Waals surface area contributed by atoms with Gasteiger partial charge in [0, 0.05) is 10.0 Å². The summed E-state index contributed by atoms with van der Waals surface area (Å²) >= 11 is 3.37. The highest BCUT2D eigenvalue weighted by Gasteiger charge is 2.24. The first kappa shape index (κ1) is 14.5. The van der Waals surface area contributed by atoms with Crippen molar-refractivity contribution in [2.45, 2.75) is 0 Å².